The van der Waals surface area contributed by atoms with Crippen LogP contribution in [0.5, 0.6) is 0 Å². The van der Waals surface area contributed by atoms with Crippen LogP contribution in [0.4, 0.5) is 0 Å². The summed E-state index contributed by atoms with van der Waals surface area (Å²) < 4.78 is 5.50. The fourth-order valence-electron chi connectivity index (χ4n) is 2.65. The summed E-state index contributed by atoms with van der Waals surface area (Å²) in [7, 11) is 0. The molecule has 1 aliphatic carbocycles. The van der Waals surface area contributed by atoms with E-state index < -0.39 is 0 Å². The molecule has 0 bridgehead atoms. The van der Waals surface area contributed by atoms with Crippen molar-refractivity contribution in [1.82, 2.24) is 14.7 Å². The molecule has 1 saturated carbocycles. The molecule has 1 heterocycles. The fraction of sp³-hybridized carbons (Fsp3) is 0.857. The Balaban J connectivity index is 1.84. The molecule has 0 radical (unpaired) electrons. The van der Waals surface area contributed by atoms with Crippen molar-refractivity contribution in [3.63, 3.8) is 0 Å². The Labute approximate surface area is 125 Å². The van der Waals surface area contributed by atoms with Gasteiger partial charge >= 0.3 is 0 Å². The third-order valence-corrected chi connectivity index (χ3v) is 5.77. The summed E-state index contributed by atoms with van der Waals surface area (Å²) >= 11 is 3.44. The molecule has 1 N–H and O–H groups in total. The molecule has 0 saturated heterocycles. The van der Waals surface area contributed by atoms with Gasteiger partial charge in [-0.2, -0.15) is 4.37 Å². The smallest absolute Gasteiger partial charge is 0.170 e. The van der Waals surface area contributed by atoms with Gasteiger partial charge in [0.15, 0.2) is 4.34 Å². The van der Waals surface area contributed by atoms with Crippen molar-refractivity contribution in [1.29, 1.82) is 0 Å². The molecule has 0 aliphatic heterocycles. The fourth-order valence-corrected chi connectivity index (χ4v) is 4.56. The van der Waals surface area contributed by atoms with Crippen LogP contribution in [-0.2, 0) is 6.42 Å². The highest BCUT2D eigenvalue weighted by Crippen LogP contribution is 2.31. The van der Waals surface area contributed by atoms with Crippen molar-refractivity contribution in [2.75, 3.05) is 12.3 Å². The predicted molar refractivity (Wildman–Crippen MR) is 84.1 cm³/mol. The SMILES string of the molecule is CCCNC(CSc1nc(CC)ns1)C1CCCC1. The number of thioether (sulfide) groups is 1. The normalized spacial score (nSPS) is 18.0. The maximum atomic E-state index is 4.55. The van der Waals surface area contributed by atoms with Crippen molar-refractivity contribution in [2.24, 2.45) is 5.92 Å². The highest BCUT2D eigenvalue weighted by Gasteiger charge is 2.24. The Hall–Kier alpha value is -0.130. The first-order valence-corrected chi connectivity index (χ1v) is 9.28. The molecule has 1 fully saturated rings. The average Bonchev–Trinajstić information content (AvgIpc) is 3.10. The van der Waals surface area contributed by atoms with Crippen LogP contribution < -0.4 is 5.32 Å². The van der Waals surface area contributed by atoms with E-state index in [0.717, 1.165) is 34.8 Å². The first-order chi connectivity index (χ1) is 9.33. The monoisotopic (exact) mass is 299 g/mol. The lowest BCUT2D eigenvalue weighted by atomic mass is 10.00. The first kappa shape index (κ1) is 15.3. The van der Waals surface area contributed by atoms with E-state index in [0.29, 0.717) is 6.04 Å². The number of hydrogen-bond donors (Lipinski definition) is 1. The summed E-state index contributed by atoms with van der Waals surface area (Å²) in [6.07, 6.45) is 7.79. The molecule has 3 nitrogen and oxygen atoms in total. The number of nitrogens with zero attached hydrogens (tertiary/aromatic N) is 2. The molecule has 0 amide bonds. The van der Waals surface area contributed by atoms with Crippen LogP contribution >= 0.6 is 23.3 Å². The first-order valence-electron chi connectivity index (χ1n) is 7.52. The summed E-state index contributed by atoms with van der Waals surface area (Å²) in [5.74, 6) is 3.01. The second-order valence-corrected chi connectivity index (χ2v) is 7.27. The molecule has 1 aromatic rings. The van der Waals surface area contributed by atoms with Crippen LogP contribution in [-0.4, -0.2) is 27.7 Å². The lowest BCUT2D eigenvalue weighted by Gasteiger charge is -2.23. The van der Waals surface area contributed by atoms with Crippen LogP contribution in [0.15, 0.2) is 4.34 Å². The van der Waals surface area contributed by atoms with Crippen molar-refractivity contribution < 1.29 is 0 Å². The van der Waals surface area contributed by atoms with E-state index in [9.17, 15) is 0 Å². The molecule has 1 atom stereocenters. The molecule has 108 valence electrons. The van der Waals surface area contributed by atoms with Gasteiger partial charge in [-0.15, -0.1) is 0 Å². The van der Waals surface area contributed by atoms with Crippen LogP contribution in [0, 0.1) is 5.92 Å². The molecule has 0 aromatic carbocycles. The van der Waals surface area contributed by atoms with E-state index in [1.165, 1.54) is 32.1 Å². The van der Waals surface area contributed by atoms with Gasteiger partial charge in [-0.05, 0) is 43.3 Å². The van der Waals surface area contributed by atoms with Crippen molar-refractivity contribution in [3.8, 4) is 0 Å². The maximum absolute atomic E-state index is 4.55. The Bertz CT molecular complexity index is 361. The van der Waals surface area contributed by atoms with Crippen molar-refractivity contribution in [3.05, 3.63) is 5.82 Å². The lowest BCUT2D eigenvalue weighted by molar-refractivity contribution is 0.388. The highest BCUT2D eigenvalue weighted by atomic mass is 32.2. The van der Waals surface area contributed by atoms with Crippen LogP contribution in [0.3, 0.4) is 0 Å². The zero-order valence-electron chi connectivity index (χ0n) is 12.0. The largest absolute Gasteiger partial charge is 0.313 e. The zero-order valence-corrected chi connectivity index (χ0v) is 13.7. The van der Waals surface area contributed by atoms with Gasteiger partial charge in [0.25, 0.3) is 0 Å². The van der Waals surface area contributed by atoms with Crippen LogP contribution in [0.1, 0.15) is 51.8 Å². The topological polar surface area (TPSA) is 37.8 Å². The minimum absolute atomic E-state index is 0.654. The van der Waals surface area contributed by atoms with E-state index in [-0.39, 0.29) is 0 Å². The van der Waals surface area contributed by atoms with Crippen LogP contribution in [0.2, 0.25) is 0 Å². The number of aryl methyl sites for hydroxylation is 1. The van der Waals surface area contributed by atoms with E-state index in [1.807, 2.05) is 11.8 Å². The number of rotatable bonds is 8. The Morgan fingerprint density at radius 1 is 1.37 bits per heavy atom. The van der Waals surface area contributed by atoms with E-state index in [4.69, 9.17) is 0 Å². The summed E-state index contributed by atoms with van der Waals surface area (Å²) in [6, 6.07) is 0.654. The molecule has 5 heteroatoms. The lowest BCUT2D eigenvalue weighted by Crippen LogP contribution is -2.37. The van der Waals surface area contributed by atoms with Gasteiger partial charge in [0.2, 0.25) is 0 Å². The molecule has 1 aromatic heterocycles. The Kier molecular flexibility index (Phi) is 6.61. The van der Waals surface area contributed by atoms with Crippen LogP contribution in [0.25, 0.3) is 0 Å². The van der Waals surface area contributed by atoms with Gasteiger partial charge in [0.1, 0.15) is 5.82 Å². The number of nitrogens with one attached hydrogen (secondary N) is 1. The molecular weight excluding hydrogens is 274 g/mol. The summed E-state index contributed by atoms with van der Waals surface area (Å²) in [4.78, 5) is 4.55. The van der Waals surface area contributed by atoms with Gasteiger partial charge in [0.05, 0.1) is 0 Å². The maximum Gasteiger partial charge on any atom is 0.170 e. The quantitative estimate of drug-likeness (QED) is 0.742. The van der Waals surface area contributed by atoms with Crippen molar-refractivity contribution in [2.45, 2.75) is 62.8 Å². The molecule has 1 aliphatic rings. The van der Waals surface area contributed by atoms with E-state index in [2.05, 4.69) is 28.5 Å². The standard InChI is InChI=1S/C14H25N3S2/c1-3-9-15-12(11-7-5-6-8-11)10-18-14-16-13(4-2)17-19-14/h11-12,15H,3-10H2,1-2H3. The number of hydrogen-bond acceptors (Lipinski definition) is 5. The summed E-state index contributed by atoms with van der Waals surface area (Å²) in [5.41, 5.74) is 0. The second kappa shape index (κ2) is 8.22. The second-order valence-electron chi connectivity index (χ2n) is 5.25. The van der Waals surface area contributed by atoms with Crippen molar-refractivity contribution >= 4 is 23.3 Å². The minimum Gasteiger partial charge on any atom is -0.313 e. The van der Waals surface area contributed by atoms with Gasteiger partial charge in [-0.1, -0.05) is 38.5 Å². The summed E-state index contributed by atoms with van der Waals surface area (Å²) in [6.45, 7) is 5.49. The Morgan fingerprint density at radius 3 is 2.79 bits per heavy atom. The van der Waals surface area contributed by atoms with Gasteiger partial charge in [-0.25, -0.2) is 4.98 Å². The van der Waals surface area contributed by atoms with Gasteiger partial charge in [-0.3, -0.25) is 0 Å². The third kappa shape index (κ3) is 4.72. The van der Waals surface area contributed by atoms with Gasteiger partial charge in [0, 0.05) is 18.2 Å². The molecular formula is C14H25N3S2. The van der Waals surface area contributed by atoms with Gasteiger partial charge < -0.3 is 5.32 Å². The highest BCUT2D eigenvalue weighted by molar-refractivity contribution is 8.00. The molecule has 19 heavy (non-hydrogen) atoms. The van der Waals surface area contributed by atoms with E-state index in [1.54, 1.807) is 11.5 Å². The third-order valence-electron chi connectivity index (χ3n) is 3.78. The average molecular weight is 300 g/mol. The molecule has 0 spiro atoms. The Morgan fingerprint density at radius 2 is 2.16 bits per heavy atom. The zero-order chi connectivity index (χ0) is 13.5. The predicted octanol–water partition coefficient (Wildman–Crippen LogP) is 3.75. The summed E-state index contributed by atoms with van der Waals surface area (Å²) in [5, 5.41) is 3.74. The molecule has 2 rings (SSSR count). The van der Waals surface area contributed by atoms with E-state index >= 15 is 0 Å². The molecule has 1 unspecified atom stereocenters. The number of aromatic nitrogens is 2. The minimum atomic E-state index is 0.654.